The molecule has 3 aromatic heterocycles. The van der Waals surface area contributed by atoms with Crippen LogP contribution in [0.2, 0.25) is 0 Å². The third-order valence-corrected chi connectivity index (χ3v) is 5.11. The van der Waals surface area contributed by atoms with E-state index in [0.717, 1.165) is 17.3 Å². The summed E-state index contributed by atoms with van der Waals surface area (Å²) in [4.78, 5) is 21.1. The molecule has 0 aliphatic rings. The van der Waals surface area contributed by atoms with Crippen LogP contribution in [-0.2, 0) is 0 Å². The Morgan fingerprint density at radius 1 is 1.23 bits per heavy atom. The maximum Gasteiger partial charge on any atom is 0.196 e. The van der Waals surface area contributed by atoms with Gasteiger partial charge in [0.15, 0.2) is 11.1 Å². The number of rotatable bonds is 4. The van der Waals surface area contributed by atoms with Crippen molar-refractivity contribution in [3.8, 4) is 17.4 Å². The summed E-state index contributed by atoms with van der Waals surface area (Å²) in [7, 11) is 0. The first kappa shape index (κ1) is 20.2. The molecule has 0 amide bonds. The molecule has 7 heteroatoms. The van der Waals surface area contributed by atoms with E-state index in [1.807, 2.05) is 19.9 Å². The molecule has 0 spiro atoms. The number of aromatic nitrogens is 2. The Labute approximate surface area is 178 Å². The summed E-state index contributed by atoms with van der Waals surface area (Å²) < 4.78 is 19.9. The molecule has 1 atom stereocenters. The Morgan fingerprint density at radius 3 is 2.77 bits per heavy atom. The minimum absolute atomic E-state index is 0.184. The molecule has 3 heterocycles. The van der Waals surface area contributed by atoms with E-state index in [2.05, 4.69) is 21.4 Å². The van der Waals surface area contributed by atoms with Crippen LogP contribution >= 0.6 is 0 Å². The fraction of sp³-hybridized carbons (Fsp3) is 0.167. The summed E-state index contributed by atoms with van der Waals surface area (Å²) in [6.07, 6.45) is 4.11. The summed E-state index contributed by atoms with van der Waals surface area (Å²) >= 11 is 0. The van der Waals surface area contributed by atoms with Gasteiger partial charge in [0, 0.05) is 29.1 Å². The molecule has 0 unspecified atom stereocenters. The lowest BCUT2D eigenvalue weighted by atomic mass is 9.99. The first-order valence-electron chi connectivity index (χ1n) is 9.69. The fourth-order valence-electron chi connectivity index (χ4n) is 3.62. The van der Waals surface area contributed by atoms with E-state index < -0.39 is 5.82 Å². The molecular weight excluding hydrogens is 395 g/mol. The first-order valence-corrected chi connectivity index (χ1v) is 9.69. The molecule has 31 heavy (non-hydrogen) atoms. The van der Waals surface area contributed by atoms with Crippen molar-refractivity contribution in [3.05, 3.63) is 87.3 Å². The maximum absolute atomic E-state index is 13.7. The van der Waals surface area contributed by atoms with Gasteiger partial charge >= 0.3 is 0 Å². The normalized spacial score (nSPS) is 11.8. The molecular formula is C24H19FN4O2. The molecule has 0 saturated carbocycles. The van der Waals surface area contributed by atoms with Crippen LogP contribution in [-0.4, -0.2) is 9.97 Å². The lowest BCUT2D eigenvalue weighted by molar-refractivity contribution is 0.598. The topological polar surface area (TPSA) is 91.8 Å². The van der Waals surface area contributed by atoms with Crippen molar-refractivity contribution < 1.29 is 8.81 Å². The monoisotopic (exact) mass is 414 g/mol. The predicted octanol–water partition coefficient (Wildman–Crippen LogP) is 5.05. The number of nitriles is 1. The zero-order valence-corrected chi connectivity index (χ0v) is 17.2. The smallest absolute Gasteiger partial charge is 0.196 e. The van der Waals surface area contributed by atoms with Gasteiger partial charge < -0.3 is 9.73 Å². The van der Waals surface area contributed by atoms with Gasteiger partial charge in [-0.25, -0.2) is 9.37 Å². The maximum atomic E-state index is 13.7. The Bertz CT molecular complexity index is 1410. The standard InChI is InChI=1S/C24H19FN4O2/c1-13-7-18(15(3)29-20-5-4-6-28-21(20)10-26)24-19(8-13)22(30)14(2)23(31-24)16-9-17(25)12-27-11-16/h4-9,11-12,15,29H,1-3H3/t15-/m1/s1. The van der Waals surface area contributed by atoms with Crippen LogP contribution in [0.1, 0.15) is 35.3 Å². The van der Waals surface area contributed by atoms with E-state index >= 15 is 0 Å². The van der Waals surface area contributed by atoms with Gasteiger partial charge in [-0.3, -0.25) is 9.78 Å². The van der Waals surface area contributed by atoms with E-state index in [0.29, 0.717) is 27.8 Å². The van der Waals surface area contributed by atoms with Crippen molar-refractivity contribution in [2.45, 2.75) is 26.8 Å². The number of fused-ring (bicyclic) bond motifs is 1. The van der Waals surface area contributed by atoms with Gasteiger partial charge in [0.25, 0.3) is 0 Å². The molecule has 0 fully saturated rings. The number of nitrogens with zero attached hydrogens (tertiary/aromatic N) is 3. The average Bonchev–Trinajstić information content (AvgIpc) is 2.76. The number of hydrogen-bond donors (Lipinski definition) is 1. The Kier molecular flexibility index (Phi) is 5.22. The highest BCUT2D eigenvalue weighted by Gasteiger charge is 2.20. The molecule has 6 nitrogen and oxygen atoms in total. The van der Waals surface area contributed by atoms with Gasteiger partial charge in [0.1, 0.15) is 23.2 Å². The molecule has 0 aliphatic carbocycles. The highest BCUT2D eigenvalue weighted by atomic mass is 19.1. The van der Waals surface area contributed by atoms with E-state index in [1.54, 1.807) is 31.3 Å². The Morgan fingerprint density at radius 2 is 2.03 bits per heavy atom. The number of halogens is 1. The minimum atomic E-state index is -0.514. The Hall–Kier alpha value is -4.05. The number of pyridine rings is 2. The largest absolute Gasteiger partial charge is 0.455 e. The summed E-state index contributed by atoms with van der Waals surface area (Å²) in [5.41, 5.74) is 3.49. The second kappa shape index (κ2) is 8.00. The van der Waals surface area contributed by atoms with Crippen molar-refractivity contribution in [2.24, 2.45) is 0 Å². The second-order valence-electron chi connectivity index (χ2n) is 7.39. The van der Waals surface area contributed by atoms with Crippen LogP contribution in [0.3, 0.4) is 0 Å². The van der Waals surface area contributed by atoms with Crippen LogP contribution in [0, 0.1) is 31.0 Å². The molecule has 154 valence electrons. The number of anilines is 1. The van der Waals surface area contributed by atoms with Crippen molar-refractivity contribution >= 4 is 16.7 Å². The number of benzene rings is 1. The van der Waals surface area contributed by atoms with Crippen LogP contribution in [0.4, 0.5) is 10.1 Å². The van der Waals surface area contributed by atoms with E-state index in [-0.39, 0.29) is 22.9 Å². The third-order valence-electron chi connectivity index (χ3n) is 5.11. The quantitative estimate of drug-likeness (QED) is 0.502. The summed E-state index contributed by atoms with van der Waals surface area (Å²) in [6, 6.07) is 10.3. The molecule has 1 aromatic carbocycles. The van der Waals surface area contributed by atoms with Crippen molar-refractivity contribution in [1.29, 1.82) is 5.26 Å². The number of aryl methyl sites for hydroxylation is 1. The molecule has 0 radical (unpaired) electrons. The summed E-state index contributed by atoms with van der Waals surface area (Å²) in [6.45, 7) is 5.47. The van der Waals surface area contributed by atoms with Crippen LogP contribution in [0.15, 0.2) is 58.1 Å². The van der Waals surface area contributed by atoms with Gasteiger partial charge in [-0.05, 0) is 50.6 Å². The van der Waals surface area contributed by atoms with E-state index in [4.69, 9.17) is 4.42 Å². The minimum Gasteiger partial charge on any atom is -0.455 e. The van der Waals surface area contributed by atoms with Crippen LogP contribution in [0.25, 0.3) is 22.3 Å². The van der Waals surface area contributed by atoms with Gasteiger partial charge in [0.2, 0.25) is 0 Å². The number of hydrogen-bond acceptors (Lipinski definition) is 6. The predicted molar refractivity (Wildman–Crippen MR) is 116 cm³/mol. The highest BCUT2D eigenvalue weighted by molar-refractivity contribution is 5.84. The molecule has 1 N–H and O–H groups in total. The van der Waals surface area contributed by atoms with Gasteiger partial charge in [-0.1, -0.05) is 6.07 Å². The van der Waals surface area contributed by atoms with Crippen LogP contribution < -0.4 is 10.7 Å². The summed E-state index contributed by atoms with van der Waals surface area (Å²) in [5.74, 6) is -0.236. The second-order valence-corrected chi connectivity index (χ2v) is 7.39. The Balaban J connectivity index is 1.91. The molecule has 4 aromatic rings. The number of nitrogens with one attached hydrogen (secondary N) is 1. The van der Waals surface area contributed by atoms with Gasteiger partial charge in [-0.2, -0.15) is 5.26 Å². The molecule has 0 aliphatic heterocycles. The van der Waals surface area contributed by atoms with Crippen LogP contribution in [0.5, 0.6) is 0 Å². The van der Waals surface area contributed by atoms with Crippen molar-refractivity contribution in [2.75, 3.05) is 5.32 Å². The van der Waals surface area contributed by atoms with E-state index in [9.17, 15) is 14.4 Å². The first-order chi connectivity index (χ1) is 14.9. The SMILES string of the molecule is Cc1cc([C@@H](C)Nc2cccnc2C#N)c2oc(-c3cncc(F)c3)c(C)c(=O)c2c1. The van der Waals surface area contributed by atoms with Crippen molar-refractivity contribution in [3.63, 3.8) is 0 Å². The average molecular weight is 414 g/mol. The molecule has 0 saturated heterocycles. The highest BCUT2D eigenvalue weighted by Crippen LogP contribution is 2.32. The lowest BCUT2D eigenvalue weighted by Crippen LogP contribution is -2.13. The summed E-state index contributed by atoms with van der Waals surface area (Å²) in [5, 5.41) is 13.0. The molecule has 4 rings (SSSR count). The van der Waals surface area contributed by atoms with E-state index in [1.165, 1.54) is 12.3 Å². The van der Waals surface area contributed by atoms with Gasteiger partial charge in [-0.15, -0.1) is 0 Å². The third kappa shape index (κ3) is 3.76. The van der Waals surface area contributed by atoms with Gasteiger partial charge in [0.05, 0.1) is 23.3 Å². The fourth-order valence-corrected chi connectivity index (χ4v) is 3.62. The zero-order chi connectivity index (χ0) is 22.1. The zero-order valence-electron chi connectivity index (χ0n) is 17.2. The van der Waals surface area contributed by atoms with Crippen molar-refractivity contribution in [1.82, 2.24) is 9.97 Å². The lowest BCUT2D eigenvalue weighted by Gasteiger charge is -2.19. The molecule has 0 bridgehead atoms.